The Balaban J connectivity index is 1.90. The van der Waals surface area contributed by atoms with Crippen molar-refractivity contribution in [3.05, 3.63) is 65.0 Å². The first-order chi connectivity index (χ1) is 10.2. The van der Waals surface area contributed by atoms with E-state index in [0.717, 1.165) is 5.56 Å². The Hall–Kier alpha value is -1.91. The van der Waals surface area contributed by atoms with E-state index in [0.29, 0.717) is 17.2 Å². The standard InChI is InChI=1S/C17H20FN3/c18-14-8-9-16(19)15(10-14)17(21-20)13-6-4-12(5-7-13)11-2-1-3-11/h4-11,17,21H,1-3,19-20H2. The molecule has 1 atom stereocenters. The van der Waals surface area contributed by atoms with Gasteiger partial charge in [0.2, 0.25) is 0 Å². The zero-order chi connectivity index (χ0) is 14.8. The monoisotopic (exact) mass is 285 g/mol. The fraction of sp³-hybridized carbons (Fsp3) is 0.294. The van der Waals surface area contributed by atoms with E-state index in [9.17, 15) is 4.39 Å². The number of nitrogen functional groups attached to an aromatic ring is 1. The second-order valence-corrected chi connectivity index (χ2v) is 5.67. The van der Waals surface area contributed by atoms with Crippen LogP contribution in [0.1, 0.15) is 47.9 Å². The summed E-state index contributed by atoms with van der Waals surface area (Å²) in [5.74, 6) is 6.05. The molecule has 2 aromatic rings. The van der Waals surface area contributed by atoms with Crippen LogP contribution in [0.3, 0.4) is 0 Å². The van der Waals surface area contributed by atoms with E-state index in [1.807, 2.05) is 12.1 Å². The van der Waals surface area contributed by atoms with Gasteiger partial charge in [-0.3, -0.25) is 5.84 Å². The average molecular weight is 285 g/mol. The first kappa shape index (κ1) is 14.0. The van der Waals surface area contributed by atoms with Gasteiger partial charge in [0.1, 0.15) is 5.82 Å². The molecule has 0 radical (unpaired) electrons. The van der Waals surface area contributed by atoms with E-state index in [2.05, 4.69) is 17.6 Å². The third-order valence-corrected chi connectivity index (χ3v) is 4.37. The van der Waals surface area contributed by atoms with Crippen molar-refractivity contribution in [3.8, 4) is 0 Å². The van der Waals surface area contributed by atoms with Crippen molar-refractivity contribution in [1.29, 1.82) is 0 Å². The lowest BCUT2D eigenvalue weighted by atomic mass is 9.79. The number of anilines is 1. The van der Waals surface area contributed by atoms with Gasteiger partial charge in [-0.25, -0.2) is 9.82 Å². The lowest BCUT2D eigenvalue weighted by Gasteiger charge is -2.26. The van der Waals surface area contributed by atoms with Crippen LogP contribution in [-0.4, -0.2) is 0 Å². The van der Waals surface area contributed by atoms with E-state index in [1.165, 1.54) is 37.0 Å². The van der Waals surface area contributed by atoms with Gasteiger partial charge in [0.25, 0.3) is 0 Å². The molecular weight excluding hydrogens is 265 g/mol. The Morgan fingerprint density at radius 1 is 1.10 bits per heavy atom. The van der Waals surface area contributed by atoms with E-state index in [1.54, 1.807) is 6.07 Å². The Labute approximate surface area is 124 Å². The second kappa shape index (κ2) is 5.84. The summed E-state index contributed by atoms with van der Waals surface area (Å²) in [6, 6.07) is 12.4. The molecule has 21 heavy (non-hydrogen) atoms. The predicted molar refractivity (Wildman–Crippen MR) is 83.0 cm³/mol. The zero-order valence-corrected chi connectivity index (χ0v) is 11.9. The summed E-state index contributed by atoms with van der Waals surface area (Å²) in [7, 11) is 0. The summed E-state index contributed by atoms with van der Waals surface area (Å²) >= 11 is 0. The van der Waals surface area contributed by atoms with Crippen molar-refractivity contribution >= 4 is 5.69 Å². The first-order valence-electron chi connectivity index (χ1n) is 7.30. The maximum absolute atomic E-state index is 13.5. The molecule has 1 aliphatic rings. The molecule has 110 valence electrons. The molecule has 1 saturated carbocycles. The van der Waals surface area contributed by atoms with Crippen LogP contribution >= 0.6 is 0 Å². The summed E-state index contributed by atoms with van der Waals surface area (Å²) in [6.45, 7) is 0. The smallest absolute Gasteiger partial charge is 0.123 e. The van der Waals surface area contributed by atoms with Gasteiger partial charge in [-0.15, -0.1) is 0 Å². The Morgan fingerprint density at radius 2 is 1.81 bits per heavy atom. The minimum atomic E-state index is -0.314. The van der Waals surface area contributed by atoms with Crippen molar-refractivity contribution in [2.75, 3.05) is 5.73 Å². The molecule has 0 saturated heterocycles. The minimum Gasteiger partial charge on any atom is -0.398 e. The molecule has 0 aliphatic heterocycles. The van der Waals surface area contributed by atoms with Crippen molar-refractivity contribution in [2.45, 2.75) is 31.2 Å². The normalized spacial score (nSPS) is 16.5. The quantitative estimate of drug-likeness (QED) is 0.459. The molecule has 5 N–H and O–H groups in total. The van der Waals surface area contributed by atoms with Crippen molar-refractivity contribution in [3.63, 3.8) is 0 Å². The molecule has 3 rings (SSSR count). The molecule has 4 heteroatoms. The van der Waals surface area contributed by atoms with Crippen LogP contribution in [0.2, 0.25) is 0 Å². The number of rotatable bonds is 4. The van der Waals surface area contributed by atoms with Gasteiger partial charge in [-0.05, 0) is 48.1 Å². The third-order valence-electron chi connectivity index (χ3n) is 4.37. The number of nitrogens with two attached hydrogens (primary N) is 2. The maximum Gasteiger partial charge on any atom is 0.123 e. The fourth-order valence-corrected chi connectivity index (χ4v) is 2.86. The maximum atomic E-state index is 13.5. The molecule has 0 heterocycles. The van der Waals surface area contributed by atoms with Gasteiger partial charge in [0, 0.05) is 11.3 Å². The number of halogens is 1. The third kappa shape index (κ3) is 2.77. The molecule has 3 nitrogen and oxygen atoms in total. The SMILES string of the molecule is NNC(c1ccc(C2CCC2)cc1)c1cc(F)ccc1N. The summed E-state index contributed by atoms with van der Waals surface area (Å²) < 4.78 is 13.5. The highest BCUT2D eigenvalue weighted by Crippen LogP contribution is 2.37. The van der Waals surface area contributed by atoms with Crippen molar-refractivity contribution in [1.82, 2.24) is 5.43 Å². The number of nitrogens with one attached hydrogen (secondary N) is 1. The highest BCUT2D eigenvalue weighted by molar-refractivity contribution is 5.51. The molecule has 0 bridgehead atoms. The van der Waals surface area contributed by atoms with Gasteiger partial charge >= 0.3 is 0 Å². The molecule has 1 fully saturated rings. The van der Waals surface area contributed by atoms with Gasteiger partial charge in [0.15, 0.2) is 0 Å². The van der Waals surface area contributed by atoms with E-state index < -0.39 is 0 Å². The highest BCUT2D eigenvalue weighted by Gasteiger charge is 2.20. The molecule has 0 spiro atoms. The summed E-state index contributed by atoms with van der Waals surface area (Å²) in [5, 5.41) is 0. The molecule has 1 unspecified atom stereocenters. The molecule has 0 aromatic heterocycles. The van der Waals surface area contributed by atoms with Crippen LogP contribution in [0.4, 0.5) is 10.1 Å². The van der Waals surface area contributed by atoms with Crippen LogP contribution in [0.5, 0.6) is 0 Å². The van der Waals surface area contributed by atoms with Crippen LogP contribution in [0.25, 0.3) is 0 Å². The lowest BCUT2D eigenvalue weighted by Crippen LogP contribution is -2.29. The van der Waals surface area contributed by atoms with Crippen LogP contribution in [0, 0.1) is 5.82 Å². The van der Waals surface area contributed by atoms with Crippen LogP contribution in [-0.2, 0) is 0 Å². The van der Waals surface area contributed by atoms with E-state index in [4.69, 9.17) is 11.6 Å². The van der Waals surface area contributed by atoms with Crippen LogP contribution in [0.15, 0.2) is 42.5 Å². The minimum absolute atomic E-state index is 0.309. The molecule has 1 aliphatic carbocycles. The van der Waals surface area contributed by atoms with Crippen molar-refractivity contribution in [2.24, 2.45) is 5.84 Å². The van der Waals surface area contributed by atoms with E-state index in [-0.39, 0.29) is 11.9 Å². The Bertz CT molecular complexity index is 620. The lowest BCUT2D eigenvalue weighted by molar-refractivity contribution is 0.419. The topological polar surface area (TPSA) is 64.1 Å². The number of hydrogen-bond donors (Lipinski definition) is 3. The average Bonchev–Trinajstić information content (AvgIpc) is 2.43. The zero-order valence-electron chi connectivity index (χ0n) is 11.9. The Kier molecular flexibility index (Phi) is 3.90. The van der Waals surface area contributed by atoms with Gasteiger partial charge in [0.05, 0.1) is 6.04 Å². The number of benzene rings is 2. The first-order valence-corrected chi connectivity index (χ1v) is 7.30. The summed E-state index contributed by atoms with van der Waals surface area (Å²) in [4.78, 5) is 0. The van der Waals surface area contributed by atoms with Crippen molar-refractivity contribution < 1.29 is 4.39 Å². The summed E-state index contributed by atoms with van der Waals surface area (Å²) in [6.07, 6.45) is 3.86. The highest BCUT2D eigenvalue weighted by atomic mass is 19.1. The summed E-state index contributed by atoms with van der Waals surface area (Å²) in [5.41, 5.74) is 12.2. The van der Waals surface area contributed by atoms with Gasteiger partial charge in [-0.2, -0.15) is 0 Å². The Morgan fingerprint density at radius 3 is 2.38 bits per heavy atom. The predicted octanol–water partition coefficient (Wildman–Crippen LogP) is 3.23. The largest absolute Gasteiger partial charge is 0.398 e. The van der Waals surface area contributed by atoms with Gasteiger partial charge < -0.3 is 5.73 Å². The molecular formula is C17H20FN3. The van der Waals surface area contributed by atoms with Gasteiger partial charge in [-0.1, -0.05) is 30.7 Å². The number of hydrazine groups is 1. The molecule has 2 aromatic carbocycles. The van der Waals surface area contributed by atoms with Crippen LogP contribution < -0.4 is 17.0 Å². The van der Waals surface area contributed by atoms with E-state index >= 15 is 0 Å². The molecule has 0 amide bonds. The second-order valence-electron chi connectivity index (χ2n) is 5.67. The fourth-order valence-electron chi connectivity index (χ4n) is 2.86. The number of hydrogen-bond acceptors (Lipinski definition) is 3.